The molecule has 0 aliphatic carbocycles. The van der Waals surface area contributed by atoms with E-state index in [4.69, 9.17) is 9.47 Å². The van der Waals surface area contributed by atoms with E-state index in [1.165, 1.54) is 5.56 Å². The maximum atomic E-state index is 11.7. The summed E-state index contributed by atoms with van der Waals surface area (Å²) in [5.41, 5.74) is 2.66. The number of rotatable bonds is 8. The number of carbonyl (C=O) groups is 1. The summed E-state index contributed by atoms with van der Waals surface area (Å²) >= 11 is 0. The number of hydrogen-bond acceptors (Lipinski definition) is 4. The first kappa shape index (κ1) is 17.2. The minimum atomic E-state index is -0.279. The van der Waals surface area contributed by atoms with Crippen molar-refractivity contribution in [3.05, 3.63) is 47.2 Å². The normalized spacial score (nSPS) is 13.3. The van der Waals surface area contributed by atoms with Crippen molar-refractivity contribution in [3.63, 3.8) is 0 Å². The smallest absolute Gasteiger partial charge is 0.335 e. The molecule has 0 bridgehead atoms. The van der Waals surface area contributed by atoms with Gasteiger partial charge >= 0.3 is 5.97 Å². The van der Waals surface area contributed by atoms with Crippen LogP contribution in [0.4, 0.5) is 0 Å². The van der Waals surface area contributed by atoms with E-state index >= 15 is 0 Å². The summed E-state index contributed by atoms with van der Waals surface area (Å²) < 4.78 is 10.3. The van der Waals surface area contributed by atoms with Crippen molar-refractivity contribution in [2.45, 2.75) is 33.2 Å². The van der Waals surface area contributed by atoms with E-state index in [1.807, 2.05) is 25.1 Å². The van der Waals surface area contributed by atoms with Crippen LogP contribution in [-0.2, 0) is 20.7 Å². The Kier molecular flexibility index (Phi) is 7.54. The second-order valence-electron chi connectivity index (χ2n) is 4.96. The summed E-state index contributed by atoms with van der Waals surface area (Å²) in [7, 11) is 1.68. The van der Waals surface area contributed by atoms with Crippen LogP contribution in [0.1, 0.15) is 26.3 Å². The summed E-state index contributed by atoms with van der Waals surface area (Å²) in [5.74, 6) is -0.279. The summed E-state index contributed by atoms with van der Waals surface area (Å²) in [6, 6.07) is 10.3. The van der Waals surface area contributed by atoms with Crippen LogP contribution in [0.25, 0.3) is 0 Å². The number of ether oxygens (including phenoxy) is 2. The Hall–Kier alpha value is -1.81. The van der Waals surface area contributed by atoms with Gasteiger partial charge in [-0.25, -0.2) is 4.79 Å². The molecule has 1 aromatic rings. The van der Waals surface area contributed by atoms with Crippen molar-refractivity contribution in [2.24, 2.45) is 0 Å². The predicted molar refractivity (Wildman–Crippen MR) is 84.0 cm³/mol. The van der Waals surface area contributed by atoms with Gasteiger partial charge in [0, 0.05) is 12.8 Å². The van der Waals surface area contributed by atoms with Crippen molar-refractivity contribution in [1.82, 2.24) is 5.32 Å². The number of esters is 1. The Labute approximate surface area is 127 Å². The highest BCUT2D eigenvalue weighted by Crippen LogP contribution is 2.08. The van der Waals surface area contributed by atoms with Gasteiger partial charge in [0.1, 0.15) is 0 Å². The van der Waals surface area contributed by atoms with Gasteiger partial charge < -0.3 is 14.8 Å². The highest BCUT2D eigenvalue weighted by molar-refractivity contribution is 5.88. The lowest BCUT2D eigenvalue weighted by atomic mass is 10.1. The van der Waals surface area contributed by atoms with Crippen molar-refractivity contribution < 1.29 is 14.3 Å². The van der Waals surface area contributed by atoms with Gasteiger partial charge in [0.25, 0.3) is 0 Å². The molecular weight excluding hydrogens is 266 g/mol. The fourth-order valence-electron chi connectivity index (χ4n) is 2.06. The molecule has 21 heavy (non-hydrogen) atoms. The van der Waals surface area contributed by atoms with Gasteiger partial charge in [0.05, 0.1) is 24.8 Å². The monoisotopic (exact) mass is 291 g/mol. The number of nitrogens with one attached hydrogen (secondary N) is 1. The summed E-state index contributed by atoms with van der Waals surface area (Å²) in [6.45, 7) is 6.42. The van der Waals surface area contributed by atoms with E-state index in [0.29, 0.717) is 18.8 Å². The average Bonchev–Trinajstić information content (AvgIpc) is 2.48. The first-order valence-corrected chi connectivity index (χ1v) is 7.22. The molecule has 0 aliphatic rings. The molecule has 0 saturated heterocycles. The molecular formula is C17H25NO3. The van der Waals surface area contributed by atoms with Crippen LogP contribution in [0, 0.1) is 0 Å². The molecule has 0 heterocycles. The zero-order valence-electron chi connectivity index (χ0n) is 13.3. The van der Waals surface area contributed by atoms with E-state index < -0.39 is 0 Å². The van der Waals surface area contributed by atoms with Crippen molar-refractivity contribution >= 4 is 5.97 Å². The SMILES string of the molecule is CCOC(=O)/C(C)=C(\C)N[C@H](COC)Cc1ccccc1. The predicted octanol–water partition coefficient (Wildman–Crippen LogP) is 2.69. The lowest BCUT2D eigenvalue weighted by molar-refractivity contribution is -0.138. The first-order chi connectivity index (χ1) is 10.1. The maximum Gasteiger partial charge on any atom is 0.335 e. The van der Waals surface area contributed by atoms with Crippen LogP contribution in [-0.4, -0.2) is 32.3 Å². The van der Waals surface area contributed by atoms with Gasteiger partial charge in [-0.15, -0.1) is 0 Å². The summed E-state index contributed by atoms with van der Waals surface area (Å²) in [4.78, 5) is 11.7. The molecule has 0 saturated carbocycles. The Balaban J connectivity index is 2.73. The van der Waals surface area contributed by atoms with Gasteiger partial charge in [-0.05, 0) is 32.8 Å². The van der Waals surface area contributed by atoms with Crippen LogP contribution in [0.15, 0.2) is 41.6 Å². The van der Waals surface area contributed by atoms with Crippen LogP contribution in [0.5, 0.6) is 0 Å². The molecule has 0 radical (unpaired) electrons. The lowest BCUT2D eigenvalue weighted by Gasteiger charge is -2.21. The zero-order chi connectivity index (χ0) is 15.7. The van der Waals surface area contributed by atoms with Gasteiger partial charge in [-0.1, -0.05) is 30.3 Å². The molecule has 0 spiro atoms. The van der Waals surface area contributed by atoms with Crippen molar-refractivity contribution in [2.75, 3.05) is 20.3 Å². The minimum Gasteiger partial charge on any atom is -0.463 e. The summed E-state index contributed by atoms with van der Waals surface area (Å²) in [5, 5.41) is 3.36. The maximum absolute atomic E-state index is 11.7. The lowest BCUT2D eigenvalue weighted by Crippen LogP contribution is -2.35. The number of methoxy groups -OCH3 is 1. The molecule has 1 aromatic carbocycles. The van der Waals surface area contributed by atoms with Crippen molar-refractivity contribution in [3.8, 4) is 0 Å². The topological polar surface area (TPSA) is 47.6 Å². The average molecular weight is 291 g/mol. The zero-order valence-corrected chi connectivity index (χ0v) is 13.3. The molecule has 4 heteroatoms. The highest BCUT2D eigenvalue weighted by atomic mass is 16.5. The van der Waals surface area contributed by atoms with Crippen molar-refractivity contribution in [1.29, 1.82) is 0 Å². The van der Waals surface area contributed by atoms with Crippen LogP contribution in [0.2, 0.25) is 0 Å². The molecule has 1 N–H and O–H groups in total. The number of benzene rings is 1. The molecule has 0 fully saturated rings. The van der Waals surface area contributed by atoms with E-state index in [-0.39, 0.29) is 12.0 Å². The number of hydrogen-bond donors (Lipinski definition) is 1. The molecule has 0 aliphatic heterocycles. The molecule has 0 amide bonds. The Bertz CT molecular complexity index is 468. The molecule has 1 rings (SSSR count). The van der Waals surface area contributed by atoms with Gasteiger partial charge in [0.15, 0.2) is 0 Å². The third-order valence-corrected chi connectivity index (χ3v) is 3.26. The number of allylic oxidation sites excluding steroid dienone is 1. The molecule has 0 unspecified atom stereocenters. The second-order valence-corrected chi connectivity index (χ2v) is 4.96. The second kappa shape index (κ2) is 9.19. The summed E-state index contributed by atoms with van der Waals surface area (Å²) in [6.07, 6.45) is 0.835. The Morgan fingerprint density at radius 2 is 1.90 bits per heavy atom. The molecule has 1 atom stereocenters. The first-order valence-electron chi connectivity index (χ1n) is 7.22. The van der Waals surface area contributed by atoms with E-state index in [9.17, 15) is 4.79 Å². The van der Waals surface area contributed by atoms with E-state index in [2.05, 4.69) is 17.4 Å². The highest BCUT2D eigenvalue weighted by Gasteiger charge is 2.13. The standard InChI is InChI=1S/C17H25NO3/c1-5-21-17(19)13(2)14(3)18-16(12-20-4)11-15-9-7-6-8-10-15/h6-10,16,18H,5,11-12H2,1-4H3/b14-13+/t16-/m0/s1. The van der Waals surface area contributed by atoms with Crippen LogP contribution >= 0.6 is 0 Å². The van der Waals surface area contributed by atoms with Gasteiger partial charge in [0.2, 0.25) is 0 Å². The molecule has 116 valence electrons. The third kappa shape index (κ3) is 6.00. The van der Waals surface area contributed by atoms with E-state index in [1.54, 1.807) is 21.0 Å². The molecule has 0 aromatic heterocycles. The fourth-order valence-corrected chi connectivity index (χ4v) is 2.06. The largest absolute Gasteiger partial charge is 0.463 e. The minimum absolute atomic E-state index is 0.113. The van der Waals surface area contributed by atoms with Gasteiger partial charge in [-0.2, -0.15) is 0 Å². The Morgan fingerprint density at radius 1 is 1.24 bits per heavy atom. The quantitative estimate of drug-likeness (QED) is 0.591. The van der Waals surface area contributed by atoms with E-state index in [0.717, 1.165) is 12.1 Å². The van der Waals surface area contributed by atoms with Crippen LogP contribution in [0.3, 0.4) is 0 Å². The van der Waals surface area contributed by atoms with Gasteiger partial charge in [-0.3, -0.25) is 0 Å². The molecule has 4 nitrogen and oxygen atoms in total. The fraction of sp³-hybridized carbons (Fsp3) is 0.471. The van der Waals surface area contributed by atoms with Crippen LogP contribution < -0.4 is 5.32 Å². The number of carbonyl (C=O) groups excluding carboxylic acids is 1. The Morgan fingerprint density at radius 3 is 2.48 bits per heavy atom. The third-order valence-electron chi connectivity index (χ3n) is 3.26.